The van der Waals surface area contributed by atoms with E-state index in [1.165, 1.54) is 11.9 Å². The molecule has 0 bridgehead atoms. The zero-order valence-corrected chi connectivity index (χ0v) is 10.4. The van der Waals surface area contributed by atoms with Gasteiger partial charge in [0, 0.05) is 4.90 Å². The lowest BCUT2D eigenvalue weighted by Gasteiger charge is -2.03. The number of aromatic nitrogens is 2. The second kappa shape index (κ2) is 5.12. The molecular formula is C13H12N4S. The molecule has 4 nitrogen and oxygen atoms in total. The summed E-state index contributed by atoms with van der Waals surface area (Å²) in [6.07, 6.45) is 0. The molecule has 0 radical (unpaired) electrons. The molecule has 0 saturated heterocycles. The lowest BCUT2D eigenvalue weighted by atomic mass is 10.3. The van der Waals surface area contributed by atoms with Gasteiger partial charge in [0.05, 0.1) is 11.0 Å². The zero-order valence-electron chi connectivity index (χ0n) is 9.55. The Labute approximate surface area is 109 Å². The molecular weight excluding hydrogens is 244 g/mol. The van der Waals surface area contributed by atoms with E-state index in [9.17, 15) is 0 Å². The fraction of sp³-hybridized carbons (Fsp3) is 0. The second-order valence-corrected chi connectivity index (χ2v) is 4.62. The van der Waals surface area contributed by atoms with Crippen molar-refractivity contribution in [1.29, 1.82) is 0 Å². The predicted molar refractivity (Wildman–Crippen MR) is 75.2 cm³/mol. The third-order valence-corrected chi connectivity index (χ3v) is 3.18. The highest BCUT2D eigenvalue weighted by atomic mass is 32.2. The lowest BCUT2D eigenvalue weighted by Crippen LogP contribution is -2.13. The molecule has 3 rings (SSSR count). The Morgan fingerprint density at radius 3 is 2.56 bits per heavy atom. The monoisotopic (exact) mass is 256 g/mol. The maximum Gasteiger partial charge on any atom is 0.216 e. The molecule has 0 amide bonds. The molecule has 90 valence electrons. The highest BCUT2D eigenvalue weighted by Crippen LogP contribution is 2.15. The van der Waals surface area contributed by atoms with Crippen LogP contribution in [-0.4, -0.2) is 9.97 Å². The van der Waals surface area contributed by atoms with Crippen molar-refractivity contribution in [3.05, 3.63) is 54.6 Å². The number of fused-ring (bicyclic) bond motifs is 1. The molecule has 0 unspecified atom stereocenters. The molecule has 0 atom stereocenters. The summed E-state index contributed by atoms with van der Waals surface area (Å²) in [6, 6.07) is 18.0. The van der Waals surface area contributed by atoms with Gasteiger partial charge in [-0.3, -0.25) is 5.43 Å². The smallest absolute Gasteiger partial charge is 0.216 e. The molecule has 3 N–H and O–H groups in total. The maximum atomic E-state index is 4.40. The number of benzene rings is 2. The van der Waals surface area contributed by atoms with Crippen molar-refractivity contribution in [2.45, 2.75) is 4.90 Å². The molecule has 0 saturated carbocycles. The van der Waals surface area contributed by atoms with Gasteiger partial charge in [0.25, 0.3) is 0 Å². The molecule has 2 aromatic carbocycles. The van der Waals surface area contributed by atoms with E-state index in [-0.39, 0.29) is 0 Å². The third-order valence-electron chi connectivity index (χ3n) is 2.47. The molecule has 1 heterocycles. The molecule has 0 aliphatic carbocycles. The molecule has 0 aliphatic heterocycles. The Morgan fingerprint density at radius 2 is 1.72 bits per heavy atom. The van der Waals surface area contributed by atoms with Crippen LogP contribution in [0.2, 0.25) is 0 Å². The first-order chi connectivity index (χ1) is 8.92. The van der Waals surface area contributed by atoms with Gasteiger partial charge in [-0.15, -0.1) is 0 Å². The first-order valence-corrected chi connectivity index (χ1v) is 6.41. The number of rotatable bonds is 4. The highest BCUT2D eigenvalue weighted by molar-refractivity contribution is 7.97. The fourth-order valence-electron chi connectivity index (χ4n) is 1.63. The van der Waals surface area contributed by atoms with E-state index in [4.69, 9.17) is 0 Å². The molecule has 0 aliphatic rings. The van der Waals surface area contributed by atoms with Crippen LogP contribution in [0.5, 0.6) is 0 Å². The van der Waals surface area contributed by atoms with Crippen LogP contribution in [-0.2, 0) is 0 Å². The van der Waals surface area contributed by atoms with E-state index < -0.39 is 0 Å². The maximum absolute atomic E-state index is 4.40. The number of anilines is 1. The van der Waals surface area contributed by atoms with E-state index >= 15 is 0 Å². The average molecular weight is 256 g/mol. The predicted octanol–water partition coefficient (Wildman–Crippen LogP) is 3.19. The molecule has 0 spiro atoms. The van der Waals surface area contributed by atoms with Gasteiger partial charge in [-0.25, -0.2) is 4.98 Å². The Kier molecular flexibility index (Phi) is 3.16. The normalized spacial score (nSPS) is 10.7. The number of nitrogens with one attached hydrogen (secondary N) is 3. The van der Waals surface area contributed by atoms with Gasteiger partial charge in [0.15, 0.2) is 0 Å². The van der Waals surface area contributed by atoms with Crippen molar-refractivity contribution in [1.82, 2.24) is 14.8 Å². The standard InChI is InChI=1S/C13H12N4S/c1-2-6-10(7-3-1)18-17-16-13-14-11-8-4-5-9-12(11)15-13/h1-9,17H,(H2,14,15,16). The van der Waals surface area contributed by atoms with Crippen molar-refractivity contribution in [3.63, 3.8) is 0 Å². The minimum atomic E-state index is 0.708. The number of hydrazine groups is 1. The van der Waals surface area contributed by atoms with E-state index in [0.717, 1.165) is 15.9 Å². The average Bonchev–Trinajstić information content (AvgIpc) is 2.82. The van der Waals surface area contributed by atoms with Crippen LogP contribution >= 0.6 is 11.9 Å². The largest absolute Gasteiger partial charge is 0.323 e. The van der Waals surface area contributed by atoms with Gasteiger partial charge in [0.2, 0.25) is 5.95 Å². The van der Waals surface area contributed by atoms with Crippen molar-refractivity contribution >= 4 is 28.9 Å². The molecule has 5 heteroatoms. The number of imidazole rings is 1. The molecule has 3 aromatic rings. The lowest BCUT2D eigenvalue weighted by molar-refractivity contribution is 1.13. The number of hydrogen-bond acceptors (Lipinski definition) is 4. The summed E-state index contributed by atoms with van der Waals surface area (Å²) >= 11 is 1.50. The molecule has 1 aromatic heterocycles. The SMILES string of the molecule is c1ccc(SNNc2nc3ccccc3[nH]2)cc1. The van der Waals surface area contributed by atoms with Crippen molar-refractivity contribution < 1.29 is 0 Å². The van der Waals surface area contributed by atoms with Crippen LogP contribution in [0, 0.1) is 0 Å². The Morgan fingerprint density at radius 1 is 0.944 bits per heavy atom. The summed E-state index contributed by atoms with van der Waals surface area (Å²) < 4.78 is 0. The number of para-hydroxylation sites is 2. The van der Waals surface area contributed by atoms with Crippen LogP contribution in [0.3, 0.4) is 0 Å². The summed E-state index contributed by atoms with van der Waals surface area (Å²) in [5, 5.41) is 0. The van der Waals surface area contributed by atoms with Crippen molar-refractivity contribution in [2.24, 2.45) is 0 Å². The van der Waals surface area contributed by atoms with Gasteiger partial charge in [-0.2, -0.15) is 4.83 Å². The van der Waals surface area contributed by atoms with Crippen molar-refractivity contribution in [3.8, 4) is 0 Å². The summed E-state index contributed by atoms with van der Waals surface area (Å²) in [5.74, 6) is 0.708. The van der Waals surface area contributed by atoms with Crippen LogP contribution in [0.1, 0.15) is 0 Å². The Hall–Kier alpha value is -1.98. The number of nitrogens with zero attached hydrogens (tertiary/aromatic N) is 1. The fourth-order valence-corrected chi connectivity index (χ4v) is 2.19. The van der Waals surface area contributed by atoms with E-state index in [2.05, 4.69) is 20.2 Å². The van der Waals surface area contributed by atoms with E-state index in [1.54, 1.807) is 0 Å². The van der Waals surface area contributed by atoms with Gasteiger partial charge < -0.3 is 4.98 Å². The van der Waals surface area contributed by atoms with Crippen LogP contribution < -0.4 is 10.3 Å². The first-order valence-electron chi connectivity index (χ1n) is 5.59. The molecule has 0 fully saturated rings. The summed E-state index contributed by atoms with van der Waals surface area (Å²) in [6.45, 7) is 0. The minimum absolute atomic E-state index is 0.708. The Balaban J connectivity index is 1.63. The third kappa shape index (κ3) is 2.47. The van der Waals surface area contributed by atoms with Gasteiger partial charge >= 0.3 is 0 Å². The van der Waals surface area contributed by atoms with Gasteiger partial charge in [-0.1, -0.05) is 30.3 Å². The summed E-state index contributed by atoms with van der Waals surface area (Å²) in [5.41, 5.74) is 5.00. The summed E-state index contributed by atoms with van der Waals surface area (Å²) in [7, 11) is 0. The first kappa shape index (κ1) is 11.1. The van der Waals surface area contributed by atoms with Gasteiger partial charge in [-0.05, 0) is 36.2 Å². The molecule has 18 heavy (non-hydrogen) atoms. The van der Waals surface area contributed by atoms with Crippen LogP contribution in [0.15, 0.2) is 59.5 Å². The van der Waals surface area contributed by atoms with Crippen LogP contribution in [0.4, 0.5) is 5.95 Å². The zero-order chi connectivity index (χ0) is 12.2. The highest BCUT2D eigenvalue weighted by Gasteiger charge is 2.00. The van der Waals surface area contributed by atoms with Crippen LogP contribution in [0.25, 0.3) is 11.0 Å². The second-order valence-electron chi connectivity index (χ2n) is 3.74. The van der Waals surface area contributed by atoms with Crippen molar-refractivity contribution in [2.75, 3.05) is 5.43 Å². The minimum Gasteiger partial charge on any atom is -0.323 e. The number of H-pyrrole nitrogens is 1. The summed E-state index contributed by atoms with van der Waals surface area (Å²) in [4.78, 5) is 11.8. The topological polar surface area (TPSA) is 52.7 Å². The van der Waals surface area contributed by atoms with E-state index in [1.807, 2.05) is 54.6 Å². The quantitative estimate of drug-likeness (QED) is 0.495. The number of hydrogen-bond donors (Lipinski definition) is 3. The van der Waals surface area contributed by atoms with Gasteiger partial charge in [0.1, 0.15) is 0 Å². The Bertz CT molecular complexity index is 603. The number of aromatic amines is 1. The van der Waals surface area contributed by atoms with E-state index in [0.29, 0.717) is 5.95 Å².